The van der Waals surface area contributed by atoms with Gasteiger partial charge in [0.1, 0.15) is 0 Å². The molecule has 1 aliphatic rings. The van der Waals surface area contributed by atoms with Gasteiger partial charge in [-0.15, -0.1) is 11.6 Å². The van der Waals surface area contributed by atoms with Crippen LogP contribution in [0, 0.1) is 0 Å². The average molecular weight is 208 g/mol. The molecule has 0 spiro atoms. The predicted molar refractivity (Wildman–Crippen MR) is 44.5 cm³/mol. The van der Waals surface area contributed by atoms with Gasteiger partial charge in [-0.05, 0) is 0 Å². The molecule has 1 saturated heterocycles. The van der Waals surface area contributed by atoms with E-state index in [-0.39, 0.29) is 24.2 Å². The molecule has 1 aliphatic heterocycles. The number of carboxylic acid groups (broad SMARTS) is 1. The lowest BCUT2D eigenvalue weighted by atomic mass is 10.3. The Bertz CT molecular complexity index is 233. The van der Waals surface area contributed by atoms with Gasteiger partial charge in [0.25, 0.3) is 0 Å². The second kappa shape index (κ2) is 3.93. The van der Waals surface area contributed by atoms with Crippen LogP contribution in [0.2, 0.25) is 0 Å². The fraction of sp³-hybridized carbons (Fsp3) is 0.714. The Morgan fingerprint density at radius 3 is 2.69 bits per heavy atom. The molecule has 1 fully saturated rings. The summed E-state index contributed by atoms with van der Waals surface area (Å²) in [6.45, 7) is -0.386. The van der Waals surface area contributed by atoms with Crippen LogP contribution in [0.15, 0.2) is 0 Å². The molecule has 0 saturated carbocycles. The zero-order chi connectivity index (χ0) is 10.0. The highest BCUT2D eigenvalue weighted by Crippen LogP contribution is 2.18. The fourth-order valence-electron chi connectivity index (χ4n) is 1.30. The summed E-state index contributed by atoms with van der Waals surface area (Å²) < 4.78 is 0. The molecule has 0 radical (unpaired) electrons. The van der Waals surface area contributed by atoms with Crippen LogP contribution < -0.4 is 0 Å². The molecule has 2 atom stereocenters. The van der Waals surface area contributed by atoms with E-state index in [0.717, 1.165) is 4.90 Å². The van der Waals surface area contributed by atoms with Crippen molar-refractivity contribution in [2.24, 2.45) is 0 Å². The lowest BCUT2D eigenvalue weighted by molar-refractivity contribution is -0.149. The quantitative estimate of drug-likeness (QED) is 0.599. The van der Waals surface area contributed by atoms with Crippen LogP contribution in [0.1, 0.15) is 6.42 Å². The minimum atomic E-state index is -1.21. The van der Waals surface area contributed by atoms with Gasteiger partial charge < -0.3 is 15.1 Å². The van der Waals surface area contributed by atoms with Crippen LogP contribution in [0.4, 0.5) is 0 Å². The van der Waals surface area contributed by atoms with E-state index in [2.05, 4.69) is 0 Å². The number of rotatable bonds is 3. The maximum Gasteiger partial charge on any atom is 0.328 e. The van der Waals surface area contributed by atoms with E-state index in [9.17, 15) is 9.59 Å². The molecular weight excluding hydrogens is 198 g/mol. The first-order valence-corrected chi connectivity index (χ1v) is 4.27. The third kappa shape index (κ3) is 2.10. The molecule has 0 aromatic heterocycles. The standard InChI is InChI=1S/C7H10ClNO4/c8-4-1-6(11)9(2-4)5(3-10)7(12)13/h4-5,10H,1-3H2,(H,12,13)/t4?,5-/m0/s1. The van der Waals surface area contributed by atoms with Crippen LogP contribution in [0.3, 0.4) is 0 Å². The number of aliphatic carboxylic acids is 1. The van der Waals surface area contributed by atoms with Gasteiger partial charge in [0.05, 0.1) is 12.0 Å². The van der Waals surface area contributed by atoms with Crippen molar-refractivity contribution in [3.8, 4) is 0 Å². The first kappa shape index (κ1) is 10.3. The van der Waals surface area contributed by atoms with Crippen molar-refractivity contribution in [1.82, 2.24) is 4.90 Å². The van der Waals surface area contributed by atoms with E-state index >= 15 is 0 Å². The zero-order valence-corrected chi connectivity index (χ0v) is 7.57. The maximum atomic E-state index is 11.2. The molecule has 5 nitrogen and oxygen atoms in total. The van der Waals surface area contributed by atoms with Crippen LogP contribution >= 0.6 is 11.6 Å². The normalized spacial score (nSPS) is 24.9. The van der Waals surface area contributed by atoms with Crippen molar-refractivity contribution in [1.29, 1.82) is 0 Å². The van der Waals surface area contributed by atoms with E-state index in [0.29, 0.717) is 0 Å². The summed E-state index contributed by atoms with van der Waals surface area (Å²) in [6.07, 6.45) is 0.144. The summed E-state index contributed by atoms with van der Waals surface area (Å²) in [6, 6.07) is -1.16. The van der Waals surface area contributed by atoms with Gasteiger partial charge in [-0.1, -0.05) is 0 Å². The van der Waals surface area contributed by atoms with Crippen LogP contribution in [0.5, 0.6) is 0 Å². The Hall–Kier alpha value is -0.810. The van der Waals surface area contributed by atoms with Gasteiger partial charge in [0.2, 0.25) is 5.91 Å². The van der Waals surface area contributed by atoms with E-state index in [1.54, 1.807) is 0 Å². The Kier molecular flexibility index (Phi) is 3.11. The van der Waals surface area contributed by atoms with Crippen LogP contribution in [-0.4, -0.2) is 51.6 Å². The van der Waals surface area contributed by atoms with Gasteiger partial charge >= 0.3 is 5.97 Å². The molecular formula is C7H10ClNO4. The Labute approximate surface area is 79.9 Å². The van der Waals surface area contributed by atoms with Crippen molar-refractivity contribution < 1.29 is 19.8 Å². The smallest absolute Gasteiger partial charge is 0.328 e. The van der Waals surface area contributed by atoms with Gasteiger partial charge in [-0.25, -0.2) is 4.79 Å². The highest BCUT2D eigenvalue weighted by atomic mass is 35.5. The third-order valence-corrected chi connectivity index (χ3v) is 2.24. The Morgan fingerprint density at radius 1 is 1.77 bits per heavy atom. The number of carbonyl (C=O) groups is 2. The van der Waals surface area contributed by atoms with E-state index in [4.69, 9.17) is 21.8 Å². The molecule has 6 heteroatoms. The van der Waals surface area contributed by atoms with Gasteiger partial charge in [0.15, 0.2) is 6.04 Å². The third-order valence-electron chi connectivity index (χ3n) is 1.95. The average Bonchev–Trinajstić information content (AvgIpc) is 2.31. The number of aliphatic hydroxyl groups is 1. The number of aliphatic hydroxyl groups excluding tert-OH is 1. The molecule has 1 rings (SSSR count). The number of nitrogens with zero attached hydrogens (tertiary/aromatic N) is 1. The van der Waals surface area contributed by atoms with Gasteiger partial charge in [-0.2, -0.15) is 0 Å². The number of alkyl halides is 1. The second-order valence-corrected chi connectivity index (χ2v) is 3.50. The summed E-state index contributed by atoms with van der Waals surface area (Å²) in [5.74, 6) is -1.52. The maximum absolute atomic E-state index is 11.2. The van der Waals surface area contributed by atoms with E-state index < -0.39 is 18.6 Å². The van der Waals surface area contributed by atoms with Gasteiger partial charge in [-0.3, -0.25) is 4.79 Å². The minimum absolute atomic E-state index is 0.144. The van der Waals surface area contributed by atoms with E-state index in [1.807, 2.05) is 0 Å². The first-order valence-electron chi connectivity index (χ1n) is 3.83. The molecule has 0 bridgehead atoms. The molecule has 0 aliphatic carbocycles. The largest absolute Gasteiger partial charge is 0.480 e. The molecule has 74 valence electrons. The number of halogens is 1. The summed E-state index contributed by atoms with van der Waals surface area (Å²) in [4.78, 5) is 22.8. The number of carbonyl (C=O) groups excluding carboxylic acids is 1. The SMILES string of the molecule is O=C(O)[C@H](CO)N1CC(Cl)CC1=O. The lowest BCUT2D eigenvalue weighted by Gasteiger charge is -2.21. The molecule has 2 N–H and O–H groups in total. The highest BCUT2D eigenvalue weighted by Gasteiger charge is 2.36. The predicted octanol–water partition coefficient (Wildman–Crippen LogP) is -0.728. The fourth-order valence-corrected chi connectivity index (χ4v) is 1.58. The molecule has 1 amide bonds. The van der Waals surface area contributed by atoms with Crippen molar-refractivity contribution in [3.05, 3.63) is 0 Å². The van der Waals surface area contributed by atoms with Crippen molar-refractivity contribution in [2.45, 2.75) is 17.8 Å². The number of carboxylic acids is 1. The van der Waals surface area contributed by atoms with Crippen LogP contribution in [-0.2, 0) is 9.59 Å². The van der Waals surface area contributed by atoms with Crippen molar-refractivity contribution >= 4 is 23.5 Å². The molecule has 1 heterocycles. The van der Waals surface area contributed by atoms with E-state index in [1.165, 1.54) is 0 Å². The summed E-state index contributed by atoms with van der Waals surface area (Å²) >= 11 is 5.67. The highest BCUT2D eigenvalue weighted by molar-refractivity contribution is 6.22. The zero-order valence-electron chi connectivity index (χ0n) is 6.81. The number of likely N-dealkylation sites (tertiary alicyclic amines) is 1. The Balaban J connectivity index is 2.69. The van der Waals surface area contributed by atoms with Crippen molar-refractivity contribution in [3.63, 3.8) is 0 Å². The second-order valence-electron chi connectivity index (χ2n) is 2.88. The summed E-state index contributed by atoms with van der Waals surface area (Å²) in [5, 5.41) is 17.0. The monoisotopic (exact) mass is 207 g/mol. The van der Waals surface area contributed by atoms with Gasteiger partial charge in [0, 0.05) is 13.0 Å². The topological polar surface area (TPSA) is 77.8 Å². The van der Waals surface area contributed by atoms with Crippen molar-refractivity contribution in [2.75, 3.05) is 13.2 Å². The van der Waals surface area contributed by atoms with Crippen LogP contribution in [0.25, 0.3) is 0 Å². The summed E-state index contributed by atoms with van der Waals surface area (Å²) in [5.41, 5.74) is 0. The first-order chi connectivity index (χ1) is 6.06. The Morgan fingerprint density at radius 2 is 2.38 bits per heavy atom. The molecule has 1 unspecified atom stereocenters. The number of amides is 1. The molecule has 13 heavy (non-hydrogen) atoms. The number of hydrogen-bond acceptors (Lipinski definition) is 3. The minimum Gasteiger partial charge on any atom is -0.480 e. The molecule has 0 aromatic carbocycles. The summed E-state index contributed by atoms with van der Waals surface area (Å²) in [7, 11) is 0. The lowest BCUT2D eigenvalue weighted by Crippen LogP contribution is -2.44. The molecule has 0 aromatic rings. The number of hydrogen-bond donors (Lipinski definition) is 2.